The first-order valence-electron chi connectivity index (χ1n) is 4.83. The Kier molecular flexibility index (Phi) is 4.37. The molecule has 0 aliphatic heterocycles. The highest BCUT2D eigenvalue weighted by Gasteiger charge is 2.27. The SMILES string of the molecule is O=C(Cc1ccccc1)NCC(F)(F)CO. The third-order valence-electron chi connectivity index (χ3n) is 1.98. The average Bonchev–Trinajstić information content (AvgIpc) is 2.28. The molecule has 88 valence electrons. The first-order valence-corrected chi connectivity index (χ1v) is 4.83. The van der Waals surface area contributed by atoms with Gasteiger partial charge in [0.05, 0.1) is 13.0 Å². The number of carbonyl (C=O) groups excluding carboxylic acids is 1. The summed E-state index contributed by atoms with van der Waals surface area (Å²) in [4.78, 5) is 11.2. The van der Waals surface area contributed by atoms with Crippen LogP contribution in [0.15, 0.2) is 30.3 Å². The van der Waals surface area contributed by atoms with E-state index in [-0.39, 0.29) is 6.42 Å². The largest absolute Gasteiger partial charge is 0.390 e. The Labute approximate surface area is 92.1 Å². The Morgan fingerprint density at radius 3 is 2.50 bits per heavy atom. The lowest BCUT2D eigenvalue weighted by Gasteiger charge is -2.13. The van der Waals surface area contributed by atoms with Crippen LogP contribution in [0.2, 0.25) is 0 Å². The average molecular weight is 229 g/mol. The maximum Gasteiger partial charge on any atom is 0.287 e. The van der Waals surface area contributed by atoms with Crippen LogP contribution in [0.1, 0.15) is 5.56 Å². The van der Waals surface area contributed by atoms with Crippen LogP contribution in [0, 0.1) is 0 Å². The molecule has 0 fully saturated rings. The number of aliphatic hydroxyl groups is 1. The molecule has 0 bridgehead atoms. The number of hydrogen-bond donors (Lipinski definition) is 2. The second-order valence-electron chi connectivity index (χ2n) is 3.45. The van der Waals surface area contributed by atoms with Crippen molar-refractivity contribution in [3.05, 3.63) is 35.9 Å². The zero-order valence-corrected chi connectivity index (χ0v) is 8.62. The third kappa shape index (κ3) is 4.35. The molecule has 3 nitrogen and oxygen atoms in total. The van der Waals surface area contributed by atoms with Gasteiger partial charge in [-0.1, -0.05) is 30.3 Å². The van der Waals surface area contributed by atoms with Crippen LogP contribution in [0.5, 0.6) is 0 Å². The van der Waals surface area contributed by atoms with Gasteiger partial charge in [-0.25, -0.2) is 8.78 Å². The Morgan fingerprint density at radius 1 is 1.31 bits per heavy atom. The third-order valence-corrected chi connectivity index (χ3v) is 1.98. The van der Waals surface area contributed by atoms with Gasteiger partial charge in [-0.05, 0) is 5.56 Å². The number of nitrogens with one attached hydrogen (secondary N) is 1. The van der Waals surface area contributed by atoms with E-state index in [4.69, 9.17) is 5.11 Å². The molecule has 1 amide bonds. The number of rotatable bonds is 5. The second kappa shape index (κ2) is 5.55. The van der Waals surface area contributed by atoms with E-state index in [2.05, 4.69) is 5.32 Å². The summed E-state index contributed by atoms with van der Waals surface area (Å²) >= 11 is 0. The van der Waals surface area contributed by atoms with E-state index in [9.17, 15) is 13.6 Å². The second-order valence-corrected chi connectivity index (χ2v) is 3.45. The Morgan fingerprint density at radius 2 is 1.94 bits per heavy atom. The molecule has 16 heavy (non-hydrogen) atoms. The standard InChI is InChI=1S/C11H13F2NO2/c12-11(13,8-15)7-14-10(16)6-9-4-2-1-3-5-9/h1-5,15H,6-8H2,(H,14,16). The number of amides is 1. The highest BCUT2D eigenvalue weighted by Crippen LogP contribution is 2.09. The molecule has 5 heteroatoms. The van der Waals surface area contributed by atoms with E-state index < -0.39 is 25.0 Å². The van der Waals surface area contributed by atoms with Crippen molar-refractivity contribution in [2.45, 2.75) is 12.3 Å². The summed E-state index contributed by atoms with van der Waals surface area (Å²) in [5.41, 5.74) is 0.757. The van der Waals surface area contributed by atoms with E-state index in [1.807, 2.05) is 0 Å². The lowest BCUT2D eigenvalue weighted by atomic mass is 10.1. The van der Waals surface area contributed by atoms with Crippen LogP contribution >= 0.6 is 0 Å². The van der Waals surface area contributed by atoms with Gasteiger partial charge in [-0.2, -0.15) is 0 Å². The summed E-state index contributed by atoms with van der Waals surface area (Å²) in [6.45, 7) is -2.10. The van der Waals surface area contributed by atoms with Gasteiger partial charge in [0.25, 0.3) is 5.92 Å². The van der Waals surface area contributed by atoms with Gasteiger partial charge in [0.1, 0.15) is 6.61 Å². The smallest absolute Gasteiger partial charge is 0.287 e. The topological polar surface area (TPSA) is 49.3 Å². The van der Waals surface area contributed by atoms with Gasteiger partial charge in [0.2, 0.25) is 5.91 Å². The van der Waals surface area contributed by atoms with Crippen LogP contribution in [-0.4, -0.2) is 30.1 Å². The van der Waals surface area contributed by atoms with Crippen molar-refractivity contribution >= 4 is 5.91 Å². The normalized spacial score (nSPS) is 11.2. The summed E-state index contributed by atoms with van der Waals surface area (Å²) in [6.07, 6.45) is 0.0579. The van der Waals surface area contributed by atoms with E-state index >= 15 is 0 Å². The van der Waals surface area contributed by atoms with Crippen molar-refractivity contribution in [3.63, 3.8) is 0 Å². The van der Waals surface area contributed by atoms with Gasteiger partial charge in [0.15, 0.2) is 0 Å². The monoisotopic (exact) mass is 229 g/mol. The minimum absolute atomic E-state index is 0.0579. The molecule has 0 radical (unpaired) electrons. The number of carbonyl (C=O) groups is 1. The molecule has 0 spiro atoms. The lowest BCUT2D eigenvalue weighted by Crippen LogP contribution is -2.39. The van der Waals surface area contributed by atoms with Gasteiger partial charge >= 0.3 is 0 Å². The maximum atomic E-state index is 12.6. The highest BCUT2D eigenvalue weighted by atomic mass is 19.3. The molecule has 0 atom stereocenters. The van der Waals surface area contributed by atoms with Crippen molar-refractivity contribution in [2.75, 3.05) is 13.2 Å². The van der Waals surface area contributed by atoms with Gasteiger partial charge in [0, 0.05) is 0 Å². The van der Waals surface area contributed by atoms with Crippen molar-refractivity contribution in [2.24, 2.45) is 0 Å². The molecule has 0 aliphatic rings. The Hall–Kier alpha value is -1.49. The number of halogens is 2. The predicted molar refractivity (Wildman–Crippen MR) is 55.2 cm³/mol. The molecular weight excluding hydrogens is 216 g/mol. The molecule has 0 aromatic heterocycles. The zero-order valence-electron chi connectivity index (χ0n) is 8.62. The van der Waals surface area contributed by atoms with Crippen LogP contribution in [0.25, 0.3) is 0 Å². The molecule has 0 saturated carbocycles. The van der Waals surface area contributed by atoms with Crippen molar-refractivity contribution < 1.29 is 18.7 Å². The van der Waals surface area contributed by atoms with Crippen LogP contribution < -0.4 is 5.32 Å². The quantitative estimate of drug-likeness (QED) is 0.790. The van der Waals surface area contributed by atoms with Crippen LogP contribution in [-0.2, 0) is 11.2 Å². The Bertz CT molecular complexity index is 341. The van der Waals surface area contributed by atoms with Crippen molar-refractivity contribution in [3.8, 4) is 0 Å². The molecular formula is C11H13F2NO2. The molecule has 0 heterocycles. The fraction of sp³-hybridized carbons (Fsp3) is 0.364. The summed E-state index contributed by atoms with van der Waals surface area (Å²) in [6, 6.07) is 8.82. The van der Waals surface area contributed by atoms with E-state index in [1.165, 1.54) is 0 Å². The number of alkyl halides is 2. The fourth-order valence-corrected chi connectivity index (χ4v) is 1.13. The number of hydrogen-bond acceptors (Lipinski definition) is 2. The molecule has 1 aromatic rings. The van der Waals surface area contributed by atoms with E-state index in [0.717, 1.165) is 5.56 Å². The Balaban J connectivity index is 2.38. The summed E-state index contributed by atoms with van der Waals surface area (Å²) in [7, 11) is 0. The summed E-state index contributed by atoms with van der Waals surface area (Å²) in [5, 5.41) is 10.4. The summed E-state index contributed by atoms with van der Waals surface area (Å²) < 4.78 is 25.2. The fourth-order valence-electron chi connectivity index (χ4n) is 1.13. The maximum absolute atomic E-state index is 12.6. The van der Waals surface area contributed by atoms with Crippen molar-refractivity contribution in [1.29, 1.82) is 0 Å². The van der Waals surface area contributed by atoms with Crippen LogP contribution in [0.4, 0.5) is 8.78 Å². The highest BCUT2D eigenvalue weighted by molar-refractivity contribution is 5.78. The van der Waals surface area contributed by atoms with E-state index in [0.29, 0.717) is 0 Å². The molecule has 1 aromatic carbocycles. The molecule has 2 N–H and O–H groups in total. The van der Waals surface area contributed by atoms with Gasteiger partial charge < -0.3 is 10.4 Å². The molecule has 1 rings (SSSR count). The summed E-state index contributed by atoms with van der Waals surface area (Å²) in [5.74, 6) is -3.74. The van der Waals surface area contributed by atoms with E-state index in [1.54, 1.807) is 30.3 Å². The van der Waals surface area contributed by atoms with Gasteiger partial charge in [-0.15, -0.1) is 0 Å². The van der Waals surface area contributed by atoms with Crippen molar-refractivity contribution in [1.82, 2.24) is 5.32 Å². The predicted octanol–water partition coefficient (Wildman–Crippen LogP) is 0.973. The number of benzene rings is 1. The lowest BCUT2D eigenvalue weighted by molar-refractivity contribution is -0.123. The molecule has 0 saturated heterocycles. The minimum Gasteiger partial charge on any atom is -0.390 e. The minimum atomic E-state index is -3.26. The number of aliphatic hydroxyl groups excluding tert-OH is 1. The first kappa shape index (κ1) is 12.6. The van der Waals surface area contributed by atoms with Crippen LogP contribution in [0.3, 0.4) is 0 Å². The molecule has 0 unspecified atom stereocenters. The zero-order chi connectivity index (χ0) is 12.0. The first-order chi connectivity index (χ1) is 7.53. The van der Waals surface area contributed by atoms with Gasteiger partial charge in [-0.3, -0.25) is 4.79 Å². The molecule has 0 aliphatic carbocycles.